The van der Waals surface area contributed by atoms with Gasteiger partial charge in [-0.05, 0) is 22.8 Å². The average Bonchev–Trinajstić information content (AvgIpc) is 3.38. The highest BCUT2D eigenvalue weighted by atomic mass is 16.5. The Hall–Kier alpha value is -4.36. The van der Waals surface area contributed by atoms with Gasteiger partial charge in [0.1, 0.15) is 6.54 Å². The van der Waals surface area contributed by atoms with Gasteiger partial charge in [-0.25, -0.2) is 4.68 Å². The van der Waals surface area contributed by atoms with Crippen LogP contribution in [0.25, 0.3) is 6.08 Å². The van der Waals surface area contributed by atoms with Gasteiger partial charge in [-0.15, -0.1) is 5.10 Å². The molecule has 0 saturated carbocycles. The summed E-state index contributed by atoms with van der Waals surface area (Å²) in [6, 6.07) is 31.3. The van der Waals surface area contributed by atoms with Gasteiger partial charge < -0.3 is 4.74 Å². The number of carbonyl (C=O) groups is 2. The lowest BCUT2D eigenvalue weighted by atomic mass is 9.74. The second kappa shape index (κ2) is 10.7. The van der Waals surface area contributed by atoms with Gasteiger partial charge in [0, 0.05) is 25.1 Å². The number of ether oxygens (including phenoxy) is 1. The Morgan fingerprint density at radius 2 is 1.46 bits per heavy atom. The Morgan fingerprint density at radius 3 is 1.97 bits per heavy atom. The van der Waals surface area contributed by atoms with Crippen molar-refractivity contribution in [3.8, 4) is 0 Å². The molecule has 1 saturated heterocycles. The molecule has 0 aliphatic carbocycles. The molecule has 5 rings (SSSR count). The number of likely N-dealkylation sites (tertiary alicyclic amines) is 1. The fourth-order valence-corrected chi connectivity index (χ4v) is 5.13. The number of Topliss-reactive ketones (excluding diaryl/α,β-unsaturated/α-hetero) is 1. The van der Waals surface area contributed by atoms with Gasteiger partial charge in [0.25, 0.3) is 0 Å². The van der Waals surface area contributed by atoms with Crippen molar-refractivity contribution in [2.75, 3.05) is 20.2 Å². The Kier molecular flexibility index (Phi) is 7.05. The molecule has 0 radical (unpaired) electrons. The van der Waals surface area contributed by atoms with Gasteiger partial charge in [-0.3, -0.25) is 14.5 Å². The molecule has 0 N–H and O–H groups in total. The summed E-state index contributed by atoms with van der Waals surface area (Å²) in [5.74, 6) is -0.358. The van der Waals surface area contributed by atoms with Crippen LogP contribution in [0.4, 0.5) is 0 Å². The van der Waals surface area contributed by atoms with Crippen LogP contribution in [0.3, 0.4) is 0 Å². The van der Waals surface area contributed by atoms with Gasteiger partial charge >= 0.3 is 5.97 Å². The van der Waals surface area contributed by atoms with Crippen molar-refractivity contribution in [2.45, 2.75) is 18.5 Å². The summed E-state index contributed by atoms with van der Waals surface area (Å²) in [6.07, 6.45) is 3.73. The van der Waals surface area contributed by atoms with Crippen LogP contribution in [0.2, 0.25) is 0 Å². The molecule has 7 heteroatoms. The zero-order valence-corrected chi connectivity index (χ0v) is 20.7. The van der Waals surface area contributed by atoms with Crippen molar-refractivity contribution in [2.24, 2.45) is 0 Å². The predicted molar refractivity (Wildman–Crippen MR) is 140 cm³/mol. The molecule has 4 aromatic rings. The maximum atomic E-state index is 13.2. The van der Waals surface area contributed by atoms with E-state index >= 15 is 0 Å². The van der Waals surface area contributed by atoms with Gasteiger partial charge in [-0.2, -0.15) is 0 Å². The van der Waals surface area contributed by atoms with Gasteiger partial charge in [0.15, 0.2) is 5.78 Å². The molecule has 0 atom stereocenters. The lowest BCUT2D eigenvalue weighted by Crippen LogP contribution is -2.52. The smallest absolute Gasteiger partial charge is 0.327 e. The first-order valence-corrected chi connectivity index (χ1v) is 12.2. The Morgan fingerprint density at radius 1 is 0.919 bits per heavy atom. The van der Waals surface area contributed by atoms with E-state index in [1.807, 2.05) is 18.2 Å². The number of hydrogen-bond donors (Lipinski definition) is 0. The monoisotopic (exact) mass is 492 g/mol. The molecule has 0 unspecified atom stereocenters. The minimum atomic E-state index is -0.617. The zero-order valence-electron chi connectivity index (χ0n) is 20.7. The summed E-state index contributed by atoms with van der Waals surface area (Å²) in [6.45, 7) is 0.935. The van der Waals surface area contributed by atoms with Crippen LogP contribution in [0.15, 0.2) is 103 Å². The number of nitrogens with zero attached hydrogens (tertiary/aromatic N) is 4. The molecule has 0 spiro atoms. The summed E-state index contributed by atoms with van der Waals surface area (Å²) < 4.78 is 6.22. The van der Waals surface area contributed by atoms with Gasteiger partial charge in [-0.1, -0.05) is 96.2 Å². The molecule has 1 aliphatic rings. The first kappa shape index (κ1) is 24.3. The zero-order chi connectivity index (χ0) is 25.7. The van der Waals surface area contributed by atoms with E-state index in [4.69, 9.17) is 4.74 Å². The molecule has 1 aromatic heterocycles. The third-order valence-corrected chi connectivity index (χ3v) is 6.85. The second-order valence-corrected chi connectivity index (χ2v) is 8.97. The van der Waals surface area contributed by atoms with Crippen LogP contribution < -0.4 is 0 Å². The number of benzene rings is 3. The summed E-state index contributed by atoms with van der Waals surface area (Å²) in [4.78, 5) is 27.4. The Labute approximate surface area is 216 Å². The molecule has 3 aromatic carbocycles. The molecule has 186 valence electrons. The summed E-state index contributed by atoms with van der Waals surface area (Å²) >= 11 is 0. The standard InChI is InChI=1S/C30H28N4O3/c1-37-29(36)22-34-27(20-31-32-34)19-23-21-33(18-17-28(23)35)30(24-11-5-2-6-12-24,25-13-7-3-8-14-25)26-15-9-4-10-16-26/h2-16,19-20H,17-18,21-22H2,1H3/b23-19-. The number of carbonyl (C=O) groups excluding carboxylic acids is 2. The molecule has 1 aliphatic heterocycles. The topological polar surface area (TPSA) is 77.3 Å². The number of aromatic nitrogens is 3. The first-order chi connectivity index (χ1) is 18.1. The van der Waals surface area contributed by atoms with Crippen LogP contribution in [0.5, 0.6) is 0 Å². The first-order valence-electron chi connectivity index (χ1n) is 12.2. The summed E-state index contributed by atoms with van der Waals surface area (Å²) in [5, 5.41) is 7.95. The molecular formula is C30H28N4O3. The van der Waals surface area contributed by atoms with Crippen LogP contribution >= 0.6 is 0 Å². The molecule has 2 heterocycles. The molecule has 7 nitrogen and oxygen atoms in total. The van der Waals surface area contributed by atoms with Crippen LogP contribution in [-0.4, -0.2) is 51.8 Å². The maximum absolute atomic E-state index is 13.2. The largest absolute Gasteiger partial charge is 0.468 e. The number of methoxy groups -OCH3 is 1. The fraction of sp³-hybridized carbons (Fsp3) is 0.200. The maximum Gasteiger partial charge on any atom is 0.327 e. The number of piperidine rings is 1. The number of esters is 1. The Bertz CT molecular complexity index is 1300. The summed E-state index contributed by atoms with van der Waals surface area (Å²) in [5.41, 5.74) is 3.98. The van der Waals surface area contributed by atoms with Crippen molar-refractivity contribution < 1.29 is 14.3 Å². The highest BCUT2D eigenvalue weighted by Crippen LogP contribution is 2.43. The van der Waals surface area contributed by atoms with Crippen molar-refractivity contribution in [3.63, 3.8) is 0 Å². The Balaban J connectivity index is 1.64. The van der Waals surface area contributed by atoms with E-state index < -0.39 is 11.5 Å². The van der Waals surface area contributed by atoms with Crippen LogP contribution in [-0.2, 0) is 26.4 Å². The van der Waals surface area contributed by atoms with E-state index in [2.05, 4.69) is 88.0 Å². The molecule has 37 heavy (non-hydrogen) atoms. The average molecular weight is 493 g/mol. The van der Waals surface area contributed by atoms with Crippen molar-refractivity contribution in [3.05, 3.63) is 125 Å². The van der Waals surface area contributed by atoms with E-state index in [1.54, 1.807) is 12.3 Å². The van der Waals surface area contributed by atoms with E-state index in [-0.39, 0.29) is 12.3 Å². The fourth-order valence-electron chi connectivity index (χ4n) is 5.13. The number of hydrogen-bond acceptors (Lipinski definition) is 6. The van der Waals surface area contributed by atoms with E-state index in [1.165, 1.54) is 11.8 Å². The SMILES string of the molecule is COC(=O)Cn1nncc1/C=C1/CN(C(c2ccccc2)(c2ccccc2)c2ccccc2)CCC1=O. The van der Waals surface area contributed by atoms with E-state index in [9.17, 15) is 9.59 Å². The van der Waals surface area contributed by atoms with Gasteiger partial charge in [0.2, 0.25) is 0 Å². The third-order valence-electron chi connectivity index (χ3n) is 6.85. The number of ketones is 1. The highest BCUT2D eigenvalue weighted by Gasteiger charge is 2.44. The quantitative estimate of drug-likeness (QED) is 0.220. The van der Waals surface area contributed by atoms with Crippen LogP contribution in [0.1, 0.15) is 28.8 Å². The minimum Gasteiger partial charge on any atom is -0.468 e. The highest BCUT2D eigenvalue weighted by molar-refractivity contribution is 6.00. The summed E-state index contributed by atoms with van der Waals surface area (Å²) in [7, 11) is 1.33. The lowest BCUT2D eigenvalue weighted by molar-refractivity contribution is -0.141. The third kappa shape index (κ3) is 4.73. The number of rotatable bonds is 7. The molecule has 0 bridgehead atoms. The van der Waals surface area contributed by atoms with Crippen molar-refractivity contribution >= 4 is 17.8 Å². The minimum absolute atomic E-state index is 0.0739. The van der Waals surface area contributed by atoms with Crippen LogP contribution in [0, 0.1) is 0 Å². The van der Waals surface area contributed by atoms with Crippen molar-refractivity contribution in [1.29, 1.82) is 0 Å². The van der Waals surface area contributed by atoms with E-state index in [0.717, 1.165) is 16.7 Å². The second-order valence-electron chi connectivity index (χ2n) is 8.97. The lowest BCUT2D eigenvalue weighted by Gasteiger charge is -2.47. The predicted octanol–water partition coefficient (Wildman–Crippen LogP) is 4.10. The molecular weight excluding hydrogens is 464 g/mol. The normalized spacial score (nSPS) is 15.6. The van der Waals surface area contributed by atoms with E-state index in [0.29, 0.717) is 30.8 Å². The van der Waals surface area contributed by atoms with Crippen molar-refractivity contribution in [1.82, 2.24) is 19.9 Å². The van der Waals surface area contributed by atoms with Gasteiger partial charge in [0.05, 0.1) is 24.5 Å². The molecule has 0 amide bonds. The molecule has 1 fully saturated rings.